The fourth-order valence-corrected chi connectivity index (χ4v) is 2.95. The zero-order chi connectivity index (χ0) is 13.1. The van der Waals surface area contributed by atoms with E-state index in [1.54, 1.807) is 12.4 Å². The Morgan fingerprint density at radius 3 is 2.74 bits per heavy atom. The van der Waals surface area contributed by atoms with Crippen LogP contribution in [0.4, 0.5) is 5.69 Å². The third-order valence-corrected chi connectivity index (χ3v) is 4.03. The Balaban J connectivity index is 1.80. The molecule has 2 atom stereocenters. The number of nitrogens with two attached hydrogens (primary N) is 1. The van der Waals surface area contributed by atoms with Gasteiger partial charge in [0, 0.05) is 24.1 Å². The molecule has 1 aliphatic carbocycles. The zero-order valence-corrected chi connectivity index (χ0v) is 11.0. The minimum absolute atomic E-state index is 0.493. The Labute approximate surface area is 113 Å². The van der Waals surface area contributed by atoms with E-state index in [1.807, 2.05) is 6.07 Å². The monoisotopic (exact) mass is 256 g/mol. The van der Waals surface area contributed by atoms with Gasteiger partial charge in [-0.05, 0) is 43.5 Å². The first-order chi connectivity index (χ1) is 9.36. The lowest BCUT2D eigenvalue weighted by atomic mass is 9.84. The molecule has 0 radical (unpaired) electrons. The maximum Gasteiger partial charge on any atom is 0.0907 e. The van der Waals surface area contributed by atoms with Crippen LogP contribution in [0.5, 0.6) is 0 Å². The van der Waals surface area contributed by atoms with Crippen LogP contribution in [0.1, 0.15) is 25.7 Å². The Morgan fingerprint density at radius 1 is 1.11 bits per heavy atom. The van der Waals surface area contributed by atoms with Crippen molar-refractivity contribution in [2.24, 2.45) is 11.7 Å². The van der Waals surface area contributed by atoms with Crippen LogP contribution >= 0.6 is 0 Å². The molecule has 0 spiro atoms. The third kappa shape index (κ3) is 2.68. The molecule has 4 heteroatoms. The van der Waals surface area contributed by atoms with Gasteiger partial charge in [-0.3, -0.25) is 9.97 Å². The maximum absolute atomic E-state index is 5.88. The van der Waals surface area contributed by atoms with Crippen molar-refractivity contribution in [2.45, 2.75) is 31.7 Å². The van der Waals surface area contributed by atoms with Crippen molar-refractivity contribution in [1.82, 2.24) is 9.97 Å². The number of aromatic nitrogens is 2. The molecule has 19 heavy (non-hydrogen) atoms. The summed E-state index contributed by atoms with van der Waals surface area (Å²) in [6.07, 6.45) is 8.50. The summed E-state index contributed by atoms with van der Waals surface area (Å²) < 4.78 is 0. The summed E-state index contributed by atoms with van der Waals surface area (Å²) in [6.45, 7) is 0.769. The number of fused-ring (bicyclic) bond motifs is 1. The van der Waals surface area contributed by atoms with Crippen molar-refractivity contribution in [1.29, 1.82) is 0 Å². The Hall–Kier alpha value is -1.68. The van der Waals surface area contributed by atoms with Crippen molar-refractivity contribution in [3.05, 3.63) is 30.6 Å². The van der Waals surface area contributed by atoms with Crippen molar-refractivity contribution in [2.75, 3.05) is 11.9 Å². The third-order valence-electron chi connectivity index (χ3n) is 4.03. The molecule has 1 heterocycles. The number of nitrogens with one attached hydrogen (secondary N) is 1. The smallest absolute Gasteiger partial charge is 0.0907 e. The lowest BCUT2D eigenvalue weighted by Crippen LogP contribution is -2.36. The van der Waals surface area contributed by atoms with Gasteiger partial charge in [-0.1, -0.05) is 12.8 Å². The Kier molecular flexibility index (Phi) is 3.60. The van der Waals surface area contributed by atoms with Crippen LogP contribution in [0, 0.1) is 5.92 Å². The van der Waals surface area contributed by atoms with E-state index in [2.05, 4.69) is 27.4 Å². The van der Waals surface area contributed by atoms with E-state index >= 15 is 0 Å². The van der Waals surface area contributed by atoms with Gasteiger partial charge in [0.2, 0.25) is 0 Å². The van der Waals surface area contributed by atoms with Gasteiger partial charge < -0.3 is 11.1 Å². The van der Waals surface area contributed by atoms with Gasteiger partial charge in [-0.25, -0.2) is 0 Å². The van der Waals surface area contributed by atoms with E-state index in [4.69, 9.17) is 5.73 Å². The molecular weight excluding hydrogens is 236 g/mol. The van der Waals surface area contributed by atoms with E-state index in [1.165, 1.54) is 25.7 Å². The van der Waals surface area contributed by atoms with Crippen molar-refractivity contribution in [3.8, 4) is 0 Å². The van der Waals surface area contributed by atoms with Gasteiger partial charge in [0.1, 0.15) is 0 Å². The molecule has 1 saturated carbocycles. The van der Waals surface area contributed by atoms with Gasteiger partial charge in [-0.2, -0.15) is 0 Å². The van der Waals surface area contributed by atoms with Crippen LogP contribution in [-0.2, 0) is 0 Å². The second-order valence-corrected chi connectivity index (χ2v) is 5.29. The highest BCUT2D eigenvalue weighted by atomic mass is 14.9. The molecule has 1 aromatic carbocycles. The van der Waals surface area contributed by atoms with Gasteiger partial charge in [0.15, 0.2) is 0 Å². The molecule has 100 valence electrons. The highest BCUT2D eigenvalue weighted by Gasteiger charge is 2.23. The fourth-order valence-electron chi connectivity index (χ4n) is 2.95. The molecule has 0 bridgehead atoms. The van der Waals surface area contributed by atoms with Crippen LogP contribution in [0.2, 0.25) is 0 Å². The number of hydrogen-bond acceptors (Lipinski definition) is 4. The average molecular weight is 256 g/mol. The number of anilines is 1. The van der Waals surface area contributed by atoms with Crippen LogP contribution < -0.4 is 11.1 Å². The highest BCUT2D eigenvalue weighted by Crippen LogP contribution is 2.27. The quantitative estimate of drug-likeness (QED) is 0.886. The van der Waals surface area contributed by atoms with E-state index in [9.17, 15) is 0 Å². The summed E-state index contributed by atoms with van der Waals surface area (Å²) in [7, 11) is 0. The van der Waals surface area contributed by atoms with Gasteiger partial charge in [0.05, 0.1) is 11.0 Å². The van der Waals surface area contributed by atoms with Gasteiger partial charge in [0.25, 0.3) is 0 Å². The molecule has 2 unspecified atom stereocenters. The predicted octanol–water partition coefficient (Wildman–Crippen LogP) is 2.56. The molecule has 3 rings (SSSR count). The molecule has 1 fully saturated rings. The maximum atomic E-state index is 5.88. The summed E-state index contributed by atoms with van der Waals surface area (Å²) in [5, 5.41) is 3.63. The molecule has 0 aliphatic heterocycles. The zero-order valence-electron chi connectivity index (χ0n) is 11.0. The summed E-state index contributed by atoms with van der Waals surface area (Å²) in [4.78, 5) is 8.64. The van der Waals surface area contributed by atoms with Crippen molar-refractivity contribution < 1.29 is 0 Å². The number of rotatable bonds is 3. The number of nitrogens with zero attached hydrogens (tertiary/aromatic N) is 2. The molecule has 1 aromatic heterocycles. The molecular formula is C15H20N4. The molecule has 2 aromatic rings. The van der Waals surface area contributed by atoms with Crippen LogP contribution in [-0.4, -0.2) is 22.6 Å². The first-order valence-electron chi connectivity index (χ1n) is 7.04. The summed E-state index contributed by atoms with van der Waals surface area (Å²) in [5.41, 5.74) is 8.87. The van der Waals surface area contributed by atoms with E-state index < -0.39 is 0 Å². The molecule has 4 nitrogen and oxygen atoms in total. The first kappa shape index (κ1) is 12.4. The highest BCUT2D eigenvalue weighted by molar-refractivity contribution is 5.78. The van der Waals surface area contributed by atoms with Crippen LogP contribution in [0.3, 0.4) is 0 Å². The standard InChI is InChI=1S/C15H20N4/c16-10-11-3-1-2-4-13(11)19-12-5-6-14-15(9-12)18-8-7-17-14/h5-9,11,13,19H,1-4,10,16H2. The molecule has 0 saturated heterocycles. The topological polar surface area (TPSA) is 63.8 Å². The lowest BCUT2D eigenvalue weighted by molar-refractivity contribution is 0.332. The Morgan fingerprint density at radius 2 is 1.89 bits per heavy atom. The molecule has 0 amide bonds. The first-order valence-corrected chi connectivity index (χ1v) is 7.04. The van der Waals surface area contributed by atoms with E-state index in [-0.39, 0.29) is 0 Å². The van der Waals surface area contributed by atoms with Crippen LogP contribution in [0.15, 0.2) is 30.6 Å². The number of benzene rings is 1. The predicted molar refractivity (Wildman–Crippen MR) is 78.0 cm³/mol. The lowest BCUT2D eigenvalue weighted by Gasteiger charge is -2.32. The normalized spacial score (nSPS) is 23.4. The Bertz CT molecular complexity index is 555. The van der Waals surface area contributed by atoms with Crippen LogP contribution in [0.25, 0.3) is 11.0 Å². The SMILES string of the molecule is NCC1CCCCC1Nc1ccc2nccnc2c1. The van der Waals surface area contributed by atoms with E-state index in [0.717, 1.165) is 23.3 Å². The average Bonchev–Trinajstić information content (AvgIpc) is 2.48. The fraction of sp³-hybridized carbons (Fsp3) is 0.467. The van der Waals surface area contributed by atoms with E-state index in [0.29, 0.717) is 12.0 Å². The van der Waals surface area contributed by atoms with Crippen molar-refractivity contribution >= 4 is 16.7 Å². The van der Waals surface area contributed by atoms with Gasteiger partial charge >= 0.3 is 0 Å². The summed E-state index contributed by atoms with van der Waals surface area (Å²) in [6, 6.07) is 6.67. The largest absolute Gasteiger partial charge is 0.382 e. The van der Waals surface area contributed by atoms with Crippen molar-refractivity contribution in [3.63, 3.8) is 0 Å². The summed E-state index contributed by atoms with van der Waals surface area (Å²) in [5.74, 6) is 0.589. The second kappa shape index (κ2) is 5.53. The molecule has 1 aliphatic rings. The molecule has 3 N–H and O–H groups in total. The minimum atomic E-state index is 0.493. The minimum Gasteiger partial charge on any atom is -0.382 e. The summed E-state index contributed by atoms with van der Waals surface area (Å²) >= 11 is 0. The second-order valence-electron chi connectivity index (χ2n) is 5.29. The number of hydrogen-bond donors (Lipinski definition) is 2. The van der Waals surface area contributed by atoms with Gasteiger partial charge in [-0.15, -0.1) is 0 Å².